The maximum atomic E-state index is 11.4. The van der Waals surface area contributed by atoms with E-state index in [9.17, 15) is 20.0 Å². The first-order valence-corrected chi connectivity index (χ1v) is 5.29. The largest absolute Gasteiger partial charge is 0.506 e. The van der Waals surface area contributed by atoms with Crippen molar-refractivity contribution < 1.29 is 19.6 Å². The molecule has 98 valence electrons. The monoisotopic (exact) mass is 254 g/mol. The number of nitrogens with zero attached hydrogens (tertiary/aromatic N) is 1. The number of phenols is 1. The van der Waals surface area contributed by atoms with E-state index in [-0.39, 0.29) is 29.8 Å². The van der Waals surface area contributed by atoms with E-state index in [2.05, 4.69) is 5.32 Å². The third kappa shape index (κ3) is 4.02. The number of nitro benzene ring substituents is 1. The first-order valence-electron chi connectivity index (χ1n) is 5.29. The maximum Gasteiger partial charge on any atom is 0.271 e. The number of carbonyl (C=O) groups is 1. The third-order valence-electron chi connectivity index (χ3n) is 2.01. The van der Waals surface area contributed by atoms with E-state index >= 15 is 0 Å². The van der Waals surface area contributed by atoms with Crippen LogP contribution in [0.15, 0.2) is 18.2 Å². The van der Waals surface area contributed by atoms with Gasteiger partial charge in [-0.05, 0) is 19.9 Å². The summed E-state index contributed by atoms with van der Waals surface area (Å²) in [6, 6.07) is 3.38. The molecular formula is C11H14N2O5. The predicted octanol–water partition coefficient (Wildman–Crippen LogP) is 1.66. The average Bonchev–Trinajstić information content (AvgIpc) is 2.29. The van der Waals surface area contributed by atoms with E-state index in [1.807, 2.05) is 0 Å². The topological polar surface area (TPSA) is 102 Å². The number of benzene rings is 1. The molecule has 0 spiro atoms. The summed E-state index contributed by atoms with van der Waals surface area (Å²) in [5.74, 6) is -0.724. The SMILES string of the molecule is CC(C)OCC(=O)Nc1cc([N+](=O)[O-])ccc1O. The Morgan fingerprint density at radius 3 is 2.78 bits per heavy atom. The Hall–Kier alpha value is -2.15. The summed E-state index contributed by atoms with van der Waals surface area (Å²) in [6.07, 6.45) is -0.102. The fourth-order valence-electron chi connectivity index (χ4n) is 1.17. The number of anilines is 1. The van der Waals surface area contributed by atoms with Crippen LogP contribution in [0.5, 0.6) is 5.75 Å². The van der Waals surface area contributed by atoms with Gasteiger partial charge in [0.1, 0.15) is 12.4 Å². The molecule has 0 bridgehead atoms. The molecule has 0 aliphatic carbocycles. The van der Waals surface area contributed by atoms with E-state index in [0.29, 0.717) is 0 Å². The van der Waals surface area contributed by atoms with Crippen molar-refractivity contribution in [3.05, 3.63) is 28.3 Å². The average molecular weight is 254 g/mol. The van der Waals surface area contributed by atoms with Gasteiger partial charge in [0, 0.05) is 12.1 Å². The van der Waals surface area contributed by atoms with Crippen molar-refractivity contribution in [2.45, 2.75) is 20.0 Å². The molecule has 0 atom stereocenters. The van der Waals surface area contributed by atoms with Crippen LogP contribution in [0.25, 0.3) is 0 Å². The lowest BCUT2D eigenvalue weighted by atomic mass is 10.2. The molecule has 0 heterocycles. The normalized spacial score (nSPS) is 10.4. The number of phenolic OH excluding ortho intramolecular Hbond substituents is 1. The van der Waals surface area contributed by atoms with Gasteiger partial charge < -0.3 is 15.2 Å². The highest BCUT2D eigenvalue weighted by atomic mass is 16.6. The summed E-state index contributed by atoms with van der Waals surface area (Å²) < 4.78 is 5.07. The van der Waals surface area contributed by atoms with Crippen molar-refractivity contribution in [2.75, 3.05) is 11.9 Å². The second-order valence-electron chi connectivity index (χ2n) is 3.87. The fourth-order valence-corrected chi connectivity index (χ4v) is 1.17. The molecule has 1 amide bonds. The van der Waals surface area contributed by atoms with Crippen molar-refractivity contribution in [3.63, 3.8) is 0 Å². The zero-order valence-corrected chi connectivity index (χ0v) is 10.0. The van der Waals surface area contributed by atoms with Crippen LogP contribution in [-0.4, -0.2) is 28.6 Å². The van der Waals surface area contributed by atoms with Gasteiger partial charge in [0.15, 0.2) is 0 Å². The summed E-state index contributed by atoms with van der Waals surface area (Å²) in [4.78, 5) is 21.4. The van der Waals surface area contributed by atoms with E-state index in [0.717, 1.165) is 18.2 Å². The minimum absolute atomic E-state index is 0.0124. The van der Waals surface area contributed by atoms with Crippen LogP contribution in [0.4, 0.5) is 11.4 Å². The Balaban J connectivity index is 2.74. The Labute approximate surface area is 104 Å². The van der Waals surface area contributed by atoms with Crippen LogP contribution in [0.1, 0.15) is 13.8 Å². The van der Waals surface area contributed by atoms with Crippen molar-refractivity contribution in [3.8, 4) is 5.75 Å². The van der Waals surface area contributed by atoms with Gasteiger partial charge in [-0.3, -0.25) is 14.9 Å². The Bertz CT molecular complexity index is 459. The van der Waals surface area contributed by atoms with Crippen LogP contribution >= 0.6 is 0 Å². The molecule has 0 saturated heterocycles. The Morgan fingerprint density at radius 2 is 2.22 bits per heavy atom. The molecule has 0 aliphatic heterocycles. The number of non-ortho nitro benzene ring substituents is 1. The standard InChI is InChI=1S/C11H14N2O5/c1-7(2)18-6-11(15)12-9-5-8(13(16)17)3-4-10(9)14/h3-5,7,14H,6H2,1-2H3,(H,12,15). The summed E-state index contributed by atoms with van der Waals surface area (Å²) in [5, 5.41) is 22.4. The molecule has 1 aromatic rings. The minimum atomic E-state index is -0.611. The summed E-state index contributed by atoms with van der Waals surface area (Å²) in [7, 11) is 0. The highest BCUT2D eigenvalue weighted by Gasteiger charge is 2.12. The van der Waals surface area contributed by atoms with Crippen molar-refractivity contribution in [2.24, 2.45) is 0 Å². The molecule has 0 saturated carbocycles. The van der Waals surface area contributed by atoms with Gasteiger partial charge in [0.25, 0.3) is 5.69 Å². The van der Waals surface area contributed by atoms with Gasteiger partial charge in [0.05, 0.1) is 16.7 Å². The third-order valence-corrected chi connectivity index (χ3v) is 2.01. The maximum absolute atomic E-state index is 11.4. The first-order chi connectivity index (χ1) is 8.40. The molecule has 0 unspecified atom stereocenters. The quantitative estimate of drug-likeness (QED) is 0.472. The van der Waals surface area contributed by atoms with Gasteiger partial charge >= 0.3 is 0 Å². The zero-order chi connectivity index (χ0) is 13.7. The van der Waals surface area contributed by atoms with Gasteiger partial charge in [-0.1, -0.05) is 0 Å². The number of aromatic hydroxyl groups is 1. The number of nitro groups is 1. The number of ether oxygens (including phenoxy) is 1. The minimum Gasteiger partial charge on any atom is -0.506 e. The second-order valence-corrected chi connectivity index (χ2v) is 3.87. The molecule has 7 nitrogen and oxygen atoms in total. The van der Waals surface area contributed by atoms with Gasteiger partial charge in [-0.25, -0.2) is 0 Å². The van der Waals surface area contributed by atoms with E-state index in [1.165, 1.54) is 0 Å². The van der Waals surface area contributed by atoms with Gasteiger partial charge in [-0.15, -0.1) is 0 Å². The molecule has 0 radical (unpaired) electrons. The van der Waals surface area contributed by atoms with Crippen molar-refractivity contribution >= 4 is 17.3 Å². The van der Waals surface area contributed by atoms with E-state index < -0.39 is 10.8 Å². The summed E-state index contributed by atoms with van der Waals surface area (Å²) in [5.41, 5.74) is -0.227. The molecule has 7 heteroatoms. The highest BCUT2D eigenvalue weighted by Crippen LogP contribution is 2.27. The Morgan fingerprint density at radius 1 is 1.56 bits per heavy atom. The number of amides is 1. The summed E-state index contributed by atoms with van der Waals surface area (Å²) in [6.45, 7) is 3.37. The molecule has 0 aromatic heterocycles. The highest BCUT2D eigenvalue weighted by molar-refractivity contribution is 5.93. The van der Waals surface area contributed by atoms with Crippen LogP contribution in [0.2, 0.25) is 0 Å². The zero-order valence-electron chi connectivity index (χ0n) is 10.0. The van der Waals surface area contributed by atoms with Crippen molar-refractivity contribution in [1.29, 1.82) is 0 Å². The van der Waals surface area contributed by atoms with Crippen LogP contribution in [-0.2, 0) is 9.53 Å². The Kier molecular flexibility index (Phi) is 4.61. The molecule has 2 N–H and O–H groups in total. The number of hydrogen-bond donors (Lipinski definition) is 2. The van der Waals surface area contributed by atoms with E-state index in [1.54, 1.807) is 13.8 Å². The van der Waals surface area contributed by atoms with Crippen LogP contribution in [0, 0.1) is 10.1 Å². The number of carbonyl (C=O) groups excluding carboxylic acids is 1. The first kappa shape index (κ1) is 13.9. The molecule has 0 fully saturated rings. The number of nitrogens with one attached hydrogen (secondary N) is 1. The lowest BCUT2D eigenvalue weighted by molar-refractivity contribution is -0.384. The fraction of sp³-hybridized carbons (Fsp3) is 0.364. The predicted molar refractivity (Wildman–Crippen MR) is 64.5 cm³/mol. The number of rotatable bonds is 5. The van der Waals surface area contributed by atoms with Crippen LogP contribution in [0.3, 0.4) is 0 Å². The number of hydrogen-bond acceptors (Lipinski definition) is 5. The summed E-state index contributed by atoms with van der Waals surface area (Å²) >= 11 is 0. The molecule has 1 rings (SSSR count). The van der Waals surface area contributed by atoms with Crippen molar-refractivity contribution in [1.82, 2.24) is 0 Å². The molecular weight excluding hydrogens is 240 g/mol. The van der Waals surface area contributed by atoms with Gasteiger partial charge in [0.2, 0.25) is 5.91 Å². The lowest BCUT2D eigenvalue weighted by Gasteiger charge is -2.09. The lowest BCUT2D eigenvalue weighted by Crippen LogP contribution is -2.20. The van der Waals surface area contributed by atoms with Crippen LogP contribution < -0.4 is 5.32 Å². The smallest absolute Gasteiger partial charge is 0.271 e. The van der Waals surface area contributed by atoms with E-state index in [4.69, 9.17) is 4.74 Å². The second kappa shape index (κ2) is 5.97. The molecule has 1 aromatic carbocycles. The molecule has 18 heavy (non-hydrogen) atoms. The molecule has 0 aliphatic rings. The van der Waals surface area contributed by atoms with Gasteiger partial charge in [-0.2, -0.15) is 0 Å².